The third kappa shape index (κ3) is 4.64. The molecule has 0 heterocycles. The highest BCUT2D eigenvalue weighted by Gasteiger charge is 2.14. The molecule has 0 aliphatic rings. The van der Waals surface area contributed by atoms with E-state index in [0.717, 1.165) is 29.2 Å². The molecule has 0 saturated heterocycles. The Kier molecular flexibility index (Phi) is 6.29. The van der Waals surface area contributed by atoms with Crippen molar-refractivity contribution in [1.82, 2.24) is 0 Å². The molecule has 2 N–H and O–H groups in total. The fraction of sp³-hybridized carbons (Fsp3) is 0.217. The predicted molar refractivity (Wildman–Crippen MR) is 104 cm³/mol. The van der Waals surface area contributed by atoms with Crippen molar-refractivity contribution in [1.29, 1.82) is 0 Å². The van der Waals surface area contributed by atoms with Gasteiger partial charge in [0.1, 0.15) is 19.2 Å². The van der Waals surface area contributed by atoms with Crippen molar-refractivity contribution in [2.24, 2.45) is 0 Å². The van der Waals surface area contributed by atoms with Gasteiger partial charge in [-0.25, -0.2) is 0 Å². The average Bonchev–Trinajstić information content (AvgIpc) is 2.72. The topological polar surface area (TPSA) is 35.1 Å². The smallest absolute Gasteiger partial charge is 0.170 e. The minimum absolute atomic E-state index is 0.379. The van der Waals surface area contributed by atoms with Gasteiger partial charge in [-0.3, -0.25) is 0 Å². The molecule has 0 radical (unpaired) electrons. The van der Waals surface area contributed by atoms with Gasteiger partial charge in [0, 0.05) is 5.56 Å². The standard InChI is InChI=1S/C23H25NO2/c1-18(20-12-7-4-8-13-20)24-16-21-14-9-15-22(25-2)23(21)26-17-19-10-5-3-6-11-19/h3-15,18,24H,16-17H2,1-2H3/p+1/t18-/m1/s1. The van der Waals surface area contributed by atoms with Crippen LogP contribution in [0, 0.1) is 0 Å². The van der Waals surface area contributed by atoms with Gasteiger partial charge < -0.3 is 14.8 Å². The predicted octanol–water partition coefficient (Wildman–Crippen LogP) is 4.10. The van der Waals surface area contributed by atoms with Crippen LogP contribution < -0.4 is 14.8 Å². The number of methoxy groups -OCH3 is 1. The Hall–Kier alpha value is -2.78. The zero-order valence-electron chi connectivity index (χ0n) is 15.4. The molecular formula is C23H26NO2+. The van der Waals surface area contributed by atoms with Crippen LogP contribution in [0.4, 0.5) is 0 Å². The van der Waals surface area contributed by atoms with E-state index in [2.05, 4.69) is 54.7 Å². The second kappa shape index (κ2) is 9.07. The van der Waals surface area contributed by atoms with Gasteiger partial charge in [0.15, 0.2) is 11.5 Å². The average molecular weight is 348 g/mol. The molecule has 0 spiro atoms. The highest BCUT2D eigenvalue weighted by Crippen LogP contribution is 2.31. The molecule has 3 nitrogen and oxygen atoms in total. The highest BCUT2D eigenvalue weighted by atomic mass is 16.5. The zero-order chi connectivity index (χ0) is 18.2. The number of nitrogens with two attached hydrogens (primary N) is 1. The molecule has 3 rings (SSSR count). The van der Waals surface area contributed by atoms with Gasteiger partial charge in [-0.15, -0.1) is 0 Å². The maximum atomic E-state index is 6.14. The van der Waals surface area contributed by atoms with Gasteiger partial charge in [0.2, 0.25) is 0 Å². The Balaban J connectivity index is 1.72. The Morgan fingerprint density at radius 1 is 0.846 bits per heavy atom. The number of hydrogen-bond donors (Lipinski definition) is 1. The normalized spacial score (nSPS) is 11.8. The third-order valence-electron chi connectivity index (χ3n) is 4.52. The molecule has 0 aliphatic carbocycles. The first-order valence-corrected chi connectivity index (χ1v) is 8.99. The fourth-order valence-electron chi connectivity index (χ4n) is 2.97. The van der Waals surface area contributed by atoms with Crippen LogP contribution in [0.2, 0.25) is 0 Å². The molecule has 3 aromatic carbocycles. The van der Waals surface area contributed by atoms with Crippen LogP contribution in [-0.2, 0) is 13.2 Å². The van der Waals surface area contributed by atoms with Gasteiger partial charge in [-0.1, -0.05) is 66.7 Å². The summed E-state index contributed by atoms with van der Waals surface area (Å²) in [7, 11) is 1.69. The van der Waals surface area contributed by atoms with Crippen molar-refractivity contribution in [3.05, 3.63) is 95.6 Å². The molecule has 0 saturated carbocycles. The molecule has 0 aliphatic heterocycles. The molecule has 26 heavy (non-hydrogen) atoms. The van der Waals surface area contributed by atoms with Crippen LogP contribution in [-0.4, -0.2) is 7.11 Å². The van der Waals surface area contributed by atoms with Crippen LogP contribution in [0.25, 0.3) is 0 Å². The summed E-state index contributed by atoms with van der Waals surface area (Å²) in [6.07, 6.45) is 0. The van der Waals surface area contributed by atoms with Crippen molar-refractivity contribution in [3.63, 3.8) is 0 Å². The quantitative estimate of drug-likeness (QED) is 0.665. The summed E-state index contributed by atoms with van der Waals surface area (Å²) in [6.45, 7) is 3.58. The monoisotopic (exact) mass is 348 g/mol. The van der Waals surface area contributed by atoms with Crippen molar-refractivity contribution in [2.75, 3.05) is 7.11 Å². The van der Waals surface area contributed by atoms with Crippen molar-refractivity contribution in [2.45, 2.75) is 26.1 Å². The Bertz CT molecular complexity index is 803. The maximum absolute atomic E-state index is 6.14. The van der Waals surface area contributed by atoms with Gasteiger partial charge in [-0.2, -0.15) is 0 Å². The van der Waals surface area contributed by atoms with E-state index >= 15 is 0 Å². The van der Waals surface area contributed by atoms with Gasteiger partial charge in [0.05, 0.1) is 12.7 Å². The number of quaternary nitrogens is 1. The Morgan fingerprint density at radius 3 is 2.23 bits per heavy atom. The number of benzene rings is 3. The van der Waals surface area contributed by atoms with Gasteiger partial charge >= 0.3 is 0 Å². The lowest BCUT2D eigenvalue weighted by molar-refractivity contribution is -0.708. The van der Waals surface area contributed by atoms with E-state index in [-0.39, 0.29) is 0 Å². The molecule has 0 unspecified atom stereocenters. The minimum Gasteiger partial charge on any atom is -0.493 e. The summed E-state index contributed by atoms with van der Waals surface area (Å²) in [6, 6.07) is 27.2. The zero-order valence-corrected chi connectivity index (χ0v) is 15.4. The van der Waals surface area contributed by atoms with E-state index in [9.17, 15) is 0 Å². The molecule has 0 amide bonds. The second-order valence-corrected chi connectivity index (χ2v) is 6.36. The molecule has 0 bridgehead atoms. The number of para-hydroxylation sites is 1. The van der Waals surface area contributed by atoms with E-state index < -0.39 is 0 Å². The molecule has 3 aromatic rings. The summed E-state index contributed by atoms with van der Waals surface area (Å²) in [5.41, 5.74) is 3.61. The summed E-state index contributed by atoms with van der Waals surface area (Å²) >= 11 is 0. The number of rotatable bonds is 8. The minimum atomic E-state index is 0.379. The Labute approximate surface area is 155 Å². The number of hydrogen-bond acceptors (Lipinski definition) is 2. The van der Waals surface area contributed by atoms with Crippen LogP contribution in [0.3, 0.4) is 0 Å². The van der Waals surface area contributed by atoms with Crippen molar-refractivity contribution >= 4 is 0 Å². The molecular weight excluding hydrogens is 322 g/mol. The summed E-state index contributed by atoms with van der Waals surface area (Å²) in [4.78, 5) is 0. The first-order valence-electron chi connectivity index (χ1n) is 8.99. The van der Waals surface area contributed by atoms with E-state index in [0.29, 0.717) is 12.6 Å². The van der Waals surface area contributed by atoms with Crippen molar-refractivity contribution in [3.8, 4) is 11.5 Å². The first kappa shape index (κ1) is 18.0. The lowest BCUT2D eigenvalue weighted by Crippen LogP contribution is -2.83. The van der Waals surface area contributed by atoms with Crippen LogP contribution >= 0.6 is 0 Å². The van der Waals surface area contributed by atoms with Crippen LogP contribution in [0.5, 0.6) is 11.5 Å². The van der Waals surface area contributed by atoms with Gasteiger partial charge in [-0.05, 0) is 24.6 Å². The highest BCUT2D eigenvalue weighted by molar-refractivity contribution is 5.46. The second-order valence-electron chi connectivity index (χ2n) is 6.36. The van der Waals surface area contributed by atoms with Gasteiger partial charge in [0.25, 0.3) is 0 Å². The molecule has 3 heteroatoms. The number of ether oxygens (including phenoxy) is 2. The van der Waals surface area contributed by atoms with E-state index in [1.54, 1.807) is 7.11 Å². The summed E-state index contributed by atoms with van der Waals surface area (Å²) in [5, 5.41) is 2.32. The Morgan fingerprint density at radius 2 is 1.54 bits per heavy atom. The summed E-state index contributed by atoms with van der Waals surface area (Å²) < 4.78 is 11.7. The van der Waals surface area contributed by atoms with E-state index in [1.165, 1.54) is 5.56 Å². The van der Waals surface area contributed by atoms with E-state index in [1.807, 2.05) is 36.4 Å². The summed E-state index contributed by atoms with van der Waals surface area (Å²) in [5.74, 6) is 1.61. The van der Waals surface area contributed by atoms with E-state index in [4.69, 9.17) is 9.47 Å². The molecule has 134 valence electrons. The molecule has 0 aromatic heterocycles. The van der Waals surface area contributed by atoms with Crippen LogP contribution in [0.15, 0.2) is 78.9 Å². The largest absolute Gasteiger partial charge is 0.493 e. The SMILES string of the molecule is COc1cccc(C[NH2+][C@H](C)c2ccccc2)c1OCc1ccccc1. The van der Waals surface area contributed by atoms with Crippen molar-refractivity contribution < 1.29 is 14.8 Å². The third-order valence-corrected chi connectivity index (χ3v) is 4.52. The lowest BCUT2D eigenvalue weighted by atomic mass is 10.1. The molecule has 0 fully saturated rings. The molecule has 1 atom stereocenters. The first-order chi connectivity index (χ1) is 12.8. The van der Waals surface area contributed by atoms with Crippen LogP contribution in [0.1, 0.15) is 29.7 Å². The maximum Gasteiger partial charge on any atom is 0.170 e. The lowest BCUT2D eigenvalue weighted by Gasteiger charge is -2.16. The fourth-order valence-corrected chi connectivity index (χ4v) is 2.97.